The summed E-state index contributed by atoms with van der Waals surface area (Å²) in [5, 5.41) is 0. The van der Waals surface area contributed by atoms with E-state index >= 15 is 0 Å². The van der Waals surface area contributed by atoms with Crippen LogP contribution in [0, 0.1) is 13.8 Å². The van der Waals surface area contributed by atoms with E-state index in [4.69, 9.17) is 4.74 Å². The van der Waals surface area contributed by atoms with E-state index in [1.165, 1.54) is 43.3 Å². The Hall–Kier alpha value is -3.82. The van der Waals surface area contributed by atoms with Gasteiger partial charge in [0.05, 0.1) is 17.0 Å². The third-order valence-electron chi connectivity index (χ3n) is 5.91. The average molecular weight is 507 g/mol. The molecule has 1 fully saturated rings. The Morgan fingerprint density at radius 3 is 2.03 bits per heavy atom. The summed E-state index contributed by atoms with van der Waals surface area (Å²) in [5.74, 6) is -1.38. The summed E-state index contributed by atoms with van der Waals surface area (Å²) in [6.07, 6.45) is -0.290. The summed E-state index contributed by atoms with van der Waals surface area (Å²) in [4.78, 5) is 38.7. The second-order valence-corrected chi connectivity index (χ2v) is 10.6. The van der Waals surface area contributed by atoms with E-state index in [1.54, 1.807) is 24.3 Å². The Bertz CT molecular complexity index is 1400. The fourth-order valence-corrected chi connectivity index (χ4v) is 5.59. The summed E-state index contributed by atoms with van der Waals surface area (Å²) in [6.45, 7) is 4.97. The minimum Gasteiger partial charge on any atom is -0.427 e. The van der Waals surface area contributed by atoms with Crippen molar-refractivity contribution in [3.05, 3.63) is 89.5 Å². The molecule has 0 saturated carbocycles. The van der Waals surface area contributed by atoms with E-state index in [0.29, 0.717) is 5.56 Å². The van der Waals surface area contributed by atoms with Gasteiger partial charge in [0.1, 0.15) is 11.8 Å². The van der Waals surface area contributed by atoms with Gasteiger partial charge in [-0.05, 0) is 55.8 Å². The SMILES string of the molecule is CC(=O)Oc1ccc(N2C(=O)CC(N(Cc3ccc(C)cc3)S(=O)(=O)c3ccc(C)cc3)C2=O)cc1. The standard InChI is InChI=1S/C27H26N2O6S/c1-18-4-8-21(9-5-18)17-28(36(33,34)24-14-6-19(2)7-15-24)25-16-26(31)29(27(25)32)22-10-12-23(13-11-22)35-20(3)30/h4-15,25H,16-17H2,1-3H3. The van der Waals surface area contributed by atoms with Crippen LogP contribution in [0.15, 0.2) is 77.7 Å². The molecule has 0 spiro atoms. The van der Waals surface area contributed by atoms with Crippen LogP contribution in [0.1, 0.15) is 30.0 Å². The summed E-state index contributed by atoms with van der Waals surface area (Å²) >= 11 is 0. The van der Waals surface area contributed by atoms with Crippen LogP contribution in [0.4, 0.5) is 5.69 Å². The molecule has 1 heterocycles. The Morgan fingerprint density at radius 1 is 0.917 bits per heavy atom. The van der Waals surface area contributed by atoms with E-state index in [0.717, 1.165) is 20.3 Å². The number of carbonyl (C=O) groups excluding carboxylic acids is 3. The summed E-state index contributed by atoms with van der Waals surface area (Å²) in [7, 11) is -4.12. The molecule has 0 aromatic heterocycles. The van der Waals surface area contributed by atoms with Gasteiger partial charge in [0.15, 0.2) is 0 Å². The fourth-order valence-electron chi connectivity index (χ4n) is 4.02. The normalized spacial score (nSPS) is 16.0. The maximum absolute atomic E-state index is 13.7. The van der Waals surface area contributed by atoms with Crippen molar-refractivity contribution < 1.29 is 27.5 Å². The molecule has 186 valence electrons. The Balaban J connectivity index is 1.70. The highest BCUT2D eigenvalue weighted by Crippen LogP contribution is 2.31. The van der Waals surface area contributed by atoms with Crippen molar-refractivity contribution in [3.8, 4) is 5.75 Å². The van der Waals surface area contributed by atoms with Crippen LogP contribution in [0.5, 0.6) is 5.75 Å². The Labute approximate surface area is 210 Å². The molecule has 8 nitrogen and oxygen atoms in total. The van der Waals surface area contributed by atoms with Gasteiger partial charge in [0.2, 0.25) is 15.9 Å². The molecular weight excluding hydrogens is 480 g/mol. The van der Waals surface area contributed by atoms with Crippen LogP contribution < -0.4 is 9.64 Å². The highest BCUT2D eigenvalue weighted by molar-refractivity contribution is 7.89. The molecule has 1 unspecified atom stereocenters. The van der Waals surface area contributed by atoms with Gasteiger partial charge in [-0.15, -0.1) is 0 Å². The molecule has 4 rings (SSSR count). The minimum absolute atomic E-state index is 0.0460. The number of carbonyl (C=O) groups is 3. The first kappa shape index (κ1) is 25.3. The predicted octanol–water partition coefficient (Wildman–Crippen LogP) is 3.75. The summed E-state index contributed by atoms with van der Waals surface area (Å²) < 4.78 is 33.6. The highest BCUT2D eigenvalue weighted by atomic mass is 32.2. The van der Waals surface area contributed by atoms with Crippen LogP contribution in [0.3, 0.4) is 0 Å². The average Bonchev–Trinajstić information content (AvgIpc) is 3.12. The first-order valence-corrected chi connectivity index (χ1v) is 12.8. The van der Waals surface area contributed by atoms with Gasteiger partial charge in [0.25, 0.3) is 5.91 Å². The third-order valence-corrected chi connectivity index (χ3v) is 7.78. The van der Waals surface area contributed by atoms with Crippen LogP contribution in [-0.2, 0) is 31.0 Å². The van der Waals surface area contributed by atoms with Gasteiger partial charge in [-0.1, -0.05) is 47.5 Å². The van der Waals surface area contributed by atoms with Crippen molar-refractivity contribution in [1.82, 2.24) is 4.31 Å². The Morgan fingerprint density at radius 2 is 1.47 bits per heavy atom. The monoisotopic (exact) mass is 506 g/mol. The van der Waals surface area contributed by atoms with Crippen molar-refractivity contribution in [3.63, 3.8) is 0 Å². The first-order chi connectivity index (χ1) is 17.1. The molecule has 1 saturated heterocycles. The number of amides is 2. The zero-order chi connectivity index (χ0) is 26.0. The van der Waals surface area contributed by atoms with Crippen LogP contribution in [0.2, 0.25) is 0 Å². The van der Waals surface area contributed by atoms with E-state index in [1.807, 2.05) is 26.0 Å². The van der Waals surface area contributed by atoms with Crippen molar-refractivity contribution in [2.45, 2.75) is 44.7 Å². The summed E-state index contributed by atoms with van der Waals surface area (Å²) in [5.41, 5.74) is 2.88. The molecule has 3 aromatic carbocycles. The number of hydrogen-bond acceptors (Lipinski definition) is 6. The van der Waals surface area contributed by atoms with Crippen molar-refractivity contribution in [2.75, 3.05) is 4.90 Å². The fraction of sp³-hybridized carbons (Fsp3) is 0.222. The van der Waals surface area contributed by atoms with Crippen LogP contribution in [-0.4, -0.2) is 36.5 Å². The number of anilines is 1. The van der Waals surface area contributed by atoms with Gasteiger partial charge >= 0.3 is 5.97 Å². The van der Waals surface area contributed by atoms with Gasteiger partial charge in [-0.2, -0.15) is 4.31 Å². The number of imide groups is 1. The highest BCUT2D eigenvalue weighted by Gasteiger charge is 2.47. The molecule has 9 heteroatoms. The van der Waals surface area contributed by atoms with Crippen LogP contribution >= 0.6 is 0 Å². The van der Waals surface area contributed by atoms with E-state index in [9.17, 15) is 22.8 Å². The Kier molecular flexibility index (Phi) is 7.05. The lowest BCUT2D eigenvalue weighted by atomic mass is 10.1. The van der Waals surface area contributed by atoms with E-state index in [2.05, 4.69) is 0 Å². The lowest BCUT2D eigenvalue weighted by Gasteiger charge is -2.27. The van der Waals surface area contributed by atoms with Gasteiger partial charge in [-0.25, -0.2) is 13.3 Å². The number of ether oxygens (including phenoxy) is 1. The summed E-state index contributed by atoms with van der Waals surface area (Å²) in [6, 6.07) is 18.4. The largest absolute Gasteiger partial charge is 0.427 e. The van der Waals surface area contributed by atoms with Gasteiger partial charge in [-0.3, -0.25) is 14.4 Å². The van der Waals surface area contributed by atoms with Crippen molar-refractivity contribution in [2.24, 2.45) is 0 Å². The van der Waals surface area contributed by atoms with Crippen molar-refractivity contribution in [1.29, 1.82) is 0 Å². The maximum Gasteiger partial charge on any atom is 0.308 e. The van der Waals surface area contributed by atoms with Crippen molar-refractivity contribution >= 4 is 33.5 Å². The van der Waals surface area contributed by atoms with E-state index in [-0.39, 0.29) is 29.3 Å². The smallest absolute Gasteiger partial charge is 0.308 e. The zero-order valence-electron chi connectivity index (χ0n) is 20.2. The van der Waals surface area contributed by atoms with E-state index < -0.39 is 33.8 Å². The number of aryl methyl sites for hydroxylation is 2. The molecule has 0 N–H and O–H groups in total. The molecule has 0 aliphatic carbocycles. The topological polar surface area (TPSA) is 101 Å². The van der Waals surface area contributed by atoms with Crippen LogP contribution in [0.25, 0.3) is 0 Å². The number of esters is 1. The number of rotatable bonds is 7. The number of nitrogens with zero attached hydrogens (tertiary/aromatic N) is 2. The first-order valence-electron chi connectivity index (χ1n) is 11.4. The second kappa shape index (κ2) is 10.0. The molecular formula is C27H26N2O6S. The molecule has 2 amide bonds. The number of sulfonamides is 1. The lowest BCUT2D eigenvalue weighted by Crippen LogP contribution is -2.45. The minimum atomic E-state index is -4.12. The molecule has 0 radical (unpaired) electrons. The third kappa shape index (κ3) is 5.22. The zero-order valence-corrected chi connectivity index (χ0v) is 21.0. The lowest BCUT2D eigenvalue weighted by molar-refractivity contribution is -0.132. The molecule has 36 heavy (non-hydrogen) atoms. The molecule has 0 bridgehead atoms. The molecule has 1 aliphatic rings. The predicted molar refractivity (Wildman–Crippen MR) is 134 cm³/mol. The quantitative estimate of drug-likeness (QED) is 0.275. The molecule has 1 aliphatic heterocycles. The number of benzene rings is 3. The second-order valence-electron chi connectivity index (χ2n) is 8.72. The van der Waals surface area contributed by atoms with Gasteiger partial charge < -0.3 is 4.74 Å². The van der Waals surface area contributed by atoms with Gasteiger partial charge in [0, 0.05) is 13.5 Å². The molecule has 1 atom stereocenters. The molecule has 3 aromatic rings. The maximum atomic E-state index is 13.7. The number of hydrogen-bond donors (Lipinski definition) is 0.